The van der Waals surface area contributed by atoms with Crippen LogP contribution in [-0.4, -0.2) is 38.2 Å². The molecule has 3 atom stereocenters. The van der Waals surface area contributed by atoms with Gasteiger partial charge < -0.3 is 5.32 Å². The Morgan fingerprint density at radius 2 is 2.25 bits per heavy atom. The van der Waals surface area contributed by atoms with E-state index in [1.807, 2.05) is 27.1 Å². The zero-order chi connectivity index (χ0) is 15.0. The van der Waals surface area contributed by atoms with E-state index in [0.29, 0.717) is 23.6 Å². The third kappa shape index (κ3) is 5.38. The lowest BCUT2D eigenvalue weighted by Crippen LogP contribution is -2.44. The van der Waals surface area contributed by atoms with Gasteiger partial charge in [0, 0.05) is 23.0 Å². The van der Waals surface area contributed by atoms with Gasteiger partial charge in [0.2, 0.25) is 0 Å². The predicted molar refractivity (Wildman–Crippen MR) is 80.6 cm³/mol. The molecule has 0 bridgehead atoms. The van der Waals surface area contributed by atoms with Crippen LogP contribution in [0.2, 0.25) is 0 Å². The van der Waals surface area contributed by atoms with Crippen molar-refractivity contribution in [2.24, 2.45) is 11.8 Å². The van der Waals surface area contributed by atoms with Crippen LogP contribution in [0.1, 0.15) is 39.5 Å². The lowest BCUT2D eigenvalue weighted by atomic mass is 10.1. The van der Waals surface area contributed by atoms with Gasteiger partial charge in [-0.15, -0.1) is 0 Å². The Kier molecular flexibility index (Phi) is 8.11. The van der Waals surface area contributed by atoms with Crippen molar-refractivity contribution in [3.8, 4) is 0 Å². The number of hydrazine groups is 1. The molecular formula is C15H30FN3O. The highest BCUT2D eigenvalue weighted by Crippen LogP contribution is 2.47. The minimum absolute atomic E-state index is 0.297. The zero-order valence-corrected chi connectivity index (χ0v) is 13.3. The third-order valence-electron chi connectivity index (χ3n) is 4.15. The summed E-state index contributed by atoms with van der Waals surface area (Å²) < 4.78 is 12.4. The van der Waals surface area contributed by atoms with E-state index >= 15 is 0 Å². The molecule has 0 aliphatic heterocycles. The van der Waals surface area contributed by atoms with E-state index in [0.717, 1.165) is 38.8 Å². The van der Waals surface area contributed by atoms with Gasteiger partial charge in [-0.1, -0.05) is 6.92 Å². The number of rotatable bonds is 11. The van der Waals surface area contributed by atoms with Gasteiger partial charge in [0.25, 0.3) is 0 Å². The highest BCUT2D eigenvalue weighted by Gasteiger charge is 2.41. The standard InChI is InChI=1S/C15H30FN3O/c1-5-6-15(20-16)14-11-13(14)8-10-19(18-4)12(2)7-9-17-3/h6,12-14,17-18H,5,7-11H2,1-4H3. The van der Waals surface area contributed by atoms with Gasteiger partial charge in [-0.25, -0.2) is 5.01 Å². The number of allylic oxidation sites excluding steroid dienone is 2. The van der Waals surface area contributed by atoms with Crippen LogP contribution < -0.4 is 10.7 Å². The maximum atomic E-state index is 12.4. The van der Waals surface area contributed by atoms with Gasteiger partial charge >= 0.3 is 0 Å². The van der Waals surface area contributed by atoms with E-state index < -0.39 is 0 Å². The molecule has 2 N–H and O–H groups in total. The Hall–Kier alpha value is -0.650. The molecule has 0 aromatic heterocycles. The van der Waals surface area contributed by atoms with Crippen molar-refractivity contribution in [1.29, 1.82) is 0 Å². The molecular weight excluding hydrogens is 257 g/mol. The monoisotopic (exact) mass is 287 g/mol. The van der Waals surface area contributed by atoms with Gasteiger partial charge in [0.1, 0.15) is 5.76 Å². The minimum atomic E-state index is 0.297. The summed E-state index contributed by atoms with van der Waals surface area (Å²) in [6.45, 7) is 6.24. The Labute approximate surface area is 122 Å². The molecule has 0 saturated heterocycles. The summed E-state index contributed by atoms with van der Waals surface area (Å²) in [6, 6.07) is 0.493. The number of hydrogen-bond acceptors (Lipinski definition) is 4. The van der Waals surface area contributed by atoms with Crippen molar-refractivity contribution in [1.82, 2.24) is 15.8 Å². The lowest BCUT2D eigenvalue weighted by molar-refractivity contribution is -0.0908. The van der Waals surface area contributed by atoms with Crippen molar-refractivity contribution < 1.29 is 9.47 Å². The van der Waals surface area contributed by atoms with Gasteiger partial charge in [-0.2, -0.15) is 0 Å². The van der Waals surface area contributed by atoms with Crippen molar-refractivity contribution >= 4 is 0 Å². The Balaban J connectivity index is 2.30. The largest absolute Gasteiger partial charge is 0.320 e. The highest BCUT2D eigenvalue weighted by atomic mass is 19.3. The summed E-state index contributed by atoms with van der Waals surface area (Å²) in [5.74, 6) is 1.40. The number of nitrogens with zero attached hydrogens (tertiary/aromatic N) is 1. The van der Waals surface area contributed by atoms with Crippen LogP contribution in [-0.2, 0) is 4.94 Å². The molecule has 1 aliphatic carbocycles. The van der Waals surface area contributed by atoms with E-state index in [1.54, 1.807) is 0 Å². The van der Waals surface area contributed by atoms with Crippen LogP contribution in [0.4, 0.5) is 4.53 Å². The first-order valence-electron chi connectivity index (χ1n) is 7.75. The van der Waals surface area contributed by atoms with Crippen LogP contribution in [0.15, 0.2) is 11.8 Å². The topological polar surface area (TPSA) is 36.5 Å². The molecule has 118 valence electrons. The number of hydrogen-bond donors (Lipinski definition) is 2. The number of halogens is 1. The second-order valence-electron chi connectivity index (χ2n) is 5.64. The van der Waals surface area contributed by atoms with Crippen molar-refractivity contribution in [3.63, 3.8) is 0 Å². The molecule has 4 nitrogen and oxygen atoms in total. The Morgan fingerprint density at radius 3 is 2.80 bits per heavy atom. The average molecular weight is 287 g/mol. The Morgan fingerprint density at radius 1 is 1.50 bits per heavy atom. The fourth-order valence-electron chi connectivity index (χ4n) is 2.72. The summed E-state index contributed by atoms with van der Waals surface area (Å²) in [5, 5.41) is 5.45. The maximum Gasteiger partial charge on any atom is 0.148 e. The van der Waals surface area contributed by atoms with Gasteiger partial charge in [-0.05, 0) is 65.2 Å². The normalized spacial score (nSPS) is 24.0. The zero-order valence-electron chi connectivity index (χ0n) is 13.3. The molecule has 0 aromatic carbocycles. The molecule has 5 heteroatoms. The maximum absolute atomic E-state index is 12.4. The summed E-state index contributed by atoms with van der Waals surface area (Å²) in [7, 11) is 3.94. The first-order chi connectivity index (χ1) is 9.67. The lowest BCUT2D eigenvalue weighted by Gasteiger charge is -2.28. The second-order valence-corrected chi connectivity index (χ2v) is 5.64. The van der Waals surface area contributed by atoms with E-state index in [-0.39, 0.29) is 0 Å². The van der Waals surface area contributed by atoms with Gasteiger partial charge in [0.05, 0.1) is 0 Å². The summed E-state index contributed by atoms with van der Waals surface area (Å²) >= 11 is 0. The third-order valence-corrected chi connectivity index (χ3v) is 4.15. The molecule has 20 heavy (non-hydrogen) atoms. The van der Waals surface area contributed by atoms with E-state index in [2.05, 4.69) is 27.6 Å². The molecule has 1 saturated carbocycles. The molecule has 0 spiro atoms. The summed E-state index contributed by atoms with van der Waals surface area (Å²) in [6.07, 6.45) is 5.93. The van der Waals surface area contributed by atoms with Crippen molar-refractivity contribution in [3.05, 3.63) is 11.8 Å². The van der Waals surface area contributed by atoms with Crippen LogP contribution in [0.25, 0.3) is 0 Å². The first-order valence-corrected chi connectivity index (χ1v) is 7.75. The SMILES string of the molecule is CCC=C(OF)C1CC1CCN(NC)C(C)CCNC. The molecule has 1 aliphatic rings. The van der Waals surface area contributed by atoms with E-state index in [9.17, 15) is 4.53 Å². The molecule has 0 heterocycles. The number of nitrogens with one attached hydrogen (secondary N) is 2. The summed E-state index contributed by atoms with van der Waals surface area (Å²) in [4.78, 5) is 4.00. The van der Waals surface area contributed by atoms with E-state index in [4.69, 9.17) is 0 Å². The van der Waals surface area contributed by atoms with Crippen LogP contribution in [0, 0.1) is 11.8 Å². The molecule has 1 rings (SSSR count). The summed E-state index contributed by atoms with van der Waals surface area (Å²) in [5.41, 5.74) is 3.26. The molecule has 3 unspecified atom stereocenters. The molecule has 0 radical (unpaired) electrons. The first kappa shape index (κ1) is 17.4. The van der Waals surface area contributed by atoms with Gasteiger partial charge in [-0.3, -0.25) is 10.4 Å². The van der Waals surface area contributed by atoms with Crippen molar-refractivity contribution in [2.75, 3.05) is 27.2 Å². The fourth-order valence-corrected chi connectivity index (χ4v) is 2.72. The second kappa shape index (κ2) is 9.32. The fraction of sp³-hybridized carbons (Fsp3) is 0.867. The molecule has 0 aromatic rings. The van der Waals surface area contributed by atoms with Crippen molar-refractivity contribution in [2.45, 2.75) is 45.6 Å². The van der Waals surface area contributed by atoms with Crippen LogP contribution in [0.5, 0.6) is 0 Å². The van der Waals surface area contributed by atoms with Crippen LogP contribution >= 0.6 is 0 Å². The van der Waals surface area contributed by atoms with Gasteiger partial charge in [0.15, 0.2) is 0 Å². The quantitative estimate of drug-likeness (QED) is 0.452. The Bertz CT molecular complexity index is 299. The van der Waals surface area contributed by atoms with E-state index in [1.165, 1.54) is 0 Å². The molecule has 1 fully saturated rings. The predicted octanol–water partition coefficient (Wildman–Crippen LogP) is 2.64. The average Bonchev–Trinajstić information content (AvgIpc) is 3.22. The minimum Gasteiger partial charge on any atom is -0.320 e. The smallest absolute Gasteiger partial charge is 0.148 e. The molecule has 0 amide bonds. The highest BCUT2D eigenvalue weighted by molar-refractivity contribution is 5.09. The van der Waals surface area contributed by atoms with Crippen LogP contribution in [0.3, 0.4) is 0 Å².